The van der Waals surface area contributed by atoms with Crippen LogP contribution in [-0.2, 0) is 6.54 Å². The Hall–Kier alpha value is -0.940. The highest BCUT2D eigenvalue weighted by Crippen LogP contribution is 2.16. The quantitative estimate of drug-likeness (QED) is 0.696. The van der Waals surface area contributed by atoms with E-state index in [1.165, 1.54) is 0 Å². The fourth-order valence-electron chi connectivity index (χ4n) is 1.42. The average molecular weight is 310 g/mol. The fourth-order valence-corrected chi connectivity index (χ4v) is 1.81. The summed E-state index contributed by atoms with van der Waals surface area (Å²) in [5.41, 5.74) is 3.25. The maximum Gasteiger partial charge on any atom is 0.0705 e. The lowest BCUT2D eigenvalue weighted by Crippen LogP contribution is -2.00. The molecule has 2 aromatic rings. The molecule has 0 saturated carbocycles. The van der Waals surface area contributed by atoms with Gasteiger partial charge in [-0.3, -0.25) is 8.51 Å². The van der Waals surface area contributed by atoms with Gasteiger partial charge in [-0.05, 0) is 12.1 Å². The zero-order chi connectivity index (χ0) is 10.5. The van der Waals surface area contributed by atoms with E-state index >= 15 is 0 Å². The maximum atomic E-state index is 4.57. The van der Waals surface area contributed by atoms with Crippen molar-refractivity contribution < 1.29 is 0 Å². The van der Waals surface area contributed by atoms with E-state index in [1.807, 2.05) is 36.4 Å². The van der Waals surface area contributed by atoms with Gasteiger partial charge in [0.2, 0.25) is 0 Å². The minimum Gasteiger partial charge on any atom is -0.255 e. The molecular weight excluding hydrogens is 299 g/mol. The molecule has 0 aliphatic rings. The molecule has 1 aromatic carbocycles. The summed E-state index contributed by atoms with van der Waals surface area (Å²) in [5, 5.41) is 0. The van der Waals surface area contributed by atoms with Crippen molar-refractivity contribution in [1.82, 2.24) is 8.51 Å². The van der Waals surface area contributed by atoms with Crippen LogP contribution >= 0.6 is 22.9 Å². The van der Waals surface area contributed by atoms with E-state index < -0.39 is 0 Å². The second kappa shape index (κ2) is 5.23. The van der Waals surface area contributed by atoms with Gasteiger partial charge in [-0.2, -0.15) is 0 Å². The monoisotopic (exact) mass is 310 g/mol. The zero-order valence-electron chi connectivity index (χ0n) is 8.15. The number of rotatable bonds is 3. The molecule has 0 atom stereocenters. The van der Waals surface area contributed by atoms with Crippen molar-refractivity contribution in [3.63, 3.8) is 0 Å². The predicted octanol–water partition coefficient (Wildman–Crippen LogP) is 3.19. The Morgan fingerprint density at radius 2 is 1.80 bits per heavy atom. The van der Waals surface area contributed by atoms with Crippen molar-refractivity contribution in [3.8, 4) is 11.3 Å². The summed E-state index contributed by atoms with van der Waals surface area (Å²) in [7, 11) is 0. The van der Waals surface area contributed by atoms with Gasteiger partial charge in [-0.25, -0.2) is 0 Å². The lowest BCUT2D eigenvalue weighted by Gasteiger charge is -2.03. The van der Waals surface area contributed by atoms with E-state index in [-0.39, 0.29) is 0 Å². The molecule has 0 amide bonds. The number of pyridine rings is 1. The van der Waals surface area contributed by atoms with Gasteiger partial charge in [-0.15, -0.1) is 0 Å². The topological polar surface area (TPSA) is 24.9 Å². The summed E-state index contributed by atoms with van der Waals surface area (Å²) in [5.74, 6) is 0. The third-order valence-electron chi connectivity index (χ3n) is 2.12. The lowest BCUT2D eigenvalue weighted by atomic mass is 10.1. The van der Waals surface area contributed by atoms with Crippen molar-refractivity contribution in [2.45, 2.75) is 6.54 Å². The summed E-state index contributed by atoms with van der Waals surface area (Å²) >= 11 is 2.13. The van der Waals surface area contributed by atoms with Crippen molar-refractivity contribution in [2.24, 2.45) is 0 Å². The van der Waals surface area contributed by atoms with Crippen LogP contribution in [0.15, 0.2) is 48.5 Å². The Bertz CT molecular complexity index is 429. The fraction of sp³-hybridized carbons (Fsp3) is 0.0833. The molecule has 0 aliphatic carbocycles. The van der Waals surface area contributed by atoms with Gasteiger partial charge in [0, 0.05) is 35.0 Å². The van der Waals surface area contributed by atoms with Crippen LogP contribution in [0.25, 0.3) is 11.3 Å². The molecule has 15 heavy (non-hydrogen) atoms. The maximum absolute atomic E-state index is 4.57. The Labute approximate surface area is 103 Å². The molecule has 0 aliphatic heterocycles. The zero-order valence-corrected chi connectivity index (χ0v) is 10.3. The van der Waals surface area contributed by atoms with Crippen LogP contribution < -0.4 is 3.53 Å². The van der Waals surface area contributed by atoms with Crippen LogP contribution in [-0.4, -0.2) is 4.98 Å². The molecule has 2 nitrogen and oxygen atoms in total. The largest absolute Gasteiger partial charge is 0.255 e. The Morgan fingerprint density at radius 3 is 2.53 bits per heavy atom. The van der Waals surface area contributed by atoms with Crippen LogP contribution in [0.1, 0.15) is 5.69 Å². The number of nitrogens with zero attached hydrogens (tertiary/aromatic N) is 1. The summed E-state index contributed by atoms with van der Waals surface area (Å²) in [6.45, 7) is 0.793. The van der Waals surface area contributed by atoms with Crippen molar-refractivity contribution in [1.29, 1.82) is 0 Å². The minimum absolute atomic E-state index is 0.793. The molecule has 2 rings (SSSR count). The number of hydrogen-bond donors (Lipinski definition) is 1. The number of benzene rings is 1. The molecule has 0 saturated heterocycles. The summed E-state index contributed by atoms with van der Waals surface area (Å²) in [4.78, 5) is 4.57. The predicted molar refractivity (Wildman–Crippen MR) is 70.5 cm³/mol. The van der Waals surface area contributed by atoms with Crippen molar-refractivity contribution >= 4 is 22.9 Å². The van der Waals surface area contributed by atoms with Crippen LogP contribution in [0.5, 0.6) is 0 Å². The number of nitrogens with one attached hydrogen (secondary N) is 1. The minimum atomic E-state index is 0.793. The highest BCUT2D eigenvalue weighted by Gasteiger charge is 1.99. The van der Waals surface area contributed by atoms with E-state index in [2.05, 4.69) is 43.5 Å². The molecular formula is C12H11IN2. The standard InChI is InChI=1S/C12H11IN2/c13-14-9-11-7-4-8-12(15-11)10-5-2-1-3-6-10/h1-8,14H,9H2. The second-order valence-corrected chi connectivity index (χ2v) is 3.95. The third kappa shape index (κ3) is 2.76. The Morgan fingerprint density at radius 1 is 1.00 bits per heavy atom. The Kier molecular flexibility index (Phi) is 3.69. The molecule has 1 heterocycles. The first-order valence-electron chi connectivity index (χ1n) is 4.75. The van der Waals surface area contributed by atoms with Gasteiger partial charge in [0.05, 0.1) is 11.4 Å². The highest BCUT2D eigenvalue weighted by molar-refractivity contribution is 14.1. The van der Waals surface area contributed by atoms with Crippen molar-refractivity contribution in [3.05, 3.63) is 54.2 Å². The van der Waals surface area contributed by atoms with Gasteiger partial charge < -0.3 is 0 Å². The summed E-state index contributed by atoms with van der Waals surface area (Å²) in [6.07, 6.45) is 0. The Balaban J connectivity index is 2.33. The summed E-state index contributed by atoms with van der Waals surface area (Å²) < 4.78 is 3.07. The smallest absolute Gasteiger partial charge is 0.0705 e. The van der Waals surface area contributed by atoms with Crippen LogP contribution in [0.2, 0.25) is 0 Å². The second-order valence-electron chi connectivity index (χ2n) is 3.19. The summed E-state index contributed by atoms with van der Waals surface area (Å²) in [6, 6.07) is 16.3. The normalized spacial score (nSPS) is 10.2. The molecule has 1 aromatic heterocycles. The van der Waals surface area contributed by atoms with E-state index in [0.717, 1.165) is 23.5 Å². The van der Waals surface area contributed by atoms with Crippen LogP contribution in [0, 0.1) is 0 Å². The van der Waals surface area contributed by atoms with Crippen LogP contribution in [0.4, 0.5) is 0 Å². The first-order chi connectivity index (χ1) is 7.40. The molecule has 3 heteroatoms. The third-order valence-corrected chi connectivity index (χ3v) is 2.51. The van der Waals surface area contributed by atoms with E-state index in [9.17, 15) is 0 Å². The van der Waals surface area contributed by atoms with Gasteiger partial charge in [-0.1, -0.05) is 36.4 Å². The van der Waals surface area contributed by atoms with Gasteiger partial charge in [0.25, 0.3) is 0 Å². The van der Waals surface area contributed by atoms with Gasteiger partial charge in [0.1, 0.15) is 0 Å². The molecule has 1 N–H and O–H groups in total. The van der Waals surface area contributed by atoms with Crippen molar-refractivity contribution in [2.75, 3.05) is 0 Å². The SMILES string of the molecule is INCc1cccc(-c2ccccc2)n1. The molecule has 0 radical (unpaired) electrons. The van der Waals surface area contributed by atoms with E-state index in [0.29, 0.717) is 0 Å². The molecule has 0 fully saturated rings. The number of halogens is 1. The molecule has 76 valence electrons. The van der Waals surface area contributed by atoms with E-state index in [1.54, 1.807) is 0 Å². The average Bonchev–Trinajstić information content (AvgIpc) is 2.31. The lowest BCUT2D eigenvalue weighted by molar-refractivity contribution is 0.952. The van der Waals surface area contributed by atoms with Gasteiger partial charge in [0.15, 0.2) is 0 Å². The first kappa shape index (κ1) is 10.6. The molecule has 0 bridgehead atoms. The number of aromatic nitrogens is 1. The van der Waals surface area contributed by atoms with Crippen LogP contribution in [0.3, 0.4) is 0 Å². The first-order valence-corrected chi connectivity index (χ1v) is 5.83. The van der Waals surface area contributed by atoms with Gasteiger partial charge >= 0.3 is 0 Å². The van der Waals surface area contributed by atoms with E-state index in [4.69, 9.17) is 0 Å². The highest BCUT2D eigenvalue weighted by atomic mass is 127. The number of hydrogen-bond acceptors (Lipinski definition) is 2. The molecule has 0 unspecified atom stereocenters. The molecule has 0 spiro atoms.